The number of aliphatic hydroxyl groups excluding tert-OH is 1. The molecule has 2 aromatic carbocycles. The van der Waals surface area contributed by atoms with Crippen molar-refractivity contribution in [3.63, 3.8) is 0 Å². The second-order valence-electron chi connectivity index (χ2n) is 5.30. The summed E-state index contributed by atoms with van der Waals surface area (Å²) in [4.78, 5) is 0. The van der Waals surface area contributed by atoms with Gasteiger partial charge in [0.15, 0.2) is 0 Å². The number of rotatable bonds is 3. The lowest BCUT2D eigenvalue weighted by Gasteiger charge is -2.14. The van der Waals surface area contributed by atoms with Gasteiger partial charge in [0.25, 0.3) is 0 Å². The fraction of sp³-hybridized carbons (Fsp3) is 0.222. The highest BCUT2D eigenvalue weighted by molar-refractivity contribution is 9.11. The third-order valence-electron chi connectivity index (χ3n) is 3.92. The van der Waals surface area contributed by atoms with Crippen LogP contribution >= 0.6 is 31.9 Å². The van der Waals surface area contributed by atoms with Crippen molar-refractivity contribution in [2.45, 2.75) is 26.4 Å². The lowest BCUT2D eigenvalue weighted by Crippen LogP contribution is -2.02. The Labute approximate surface area is 146 Å². The van der Waals surface area contributed by atoms with E-state index in [1.54, 1.807) is 0 Å². The van der Waals surface area contributed by atoms with Crippen LogP contribution in [-0.2, 0) is 6.42 Å². The molecule has 0 unspecified atom stereocenters. The lowest BCUT2D eigenvalue weighted by molar-refractivity contribution is 0.218. The van der Waals surface area contributed by atoms with Crippen molar-refractivity contribution >= 4 is 42.8 Å². The summed E-state index contributed by atoms with van der Waals surface area (Å²) in [6, 6.07) is 11.8. The maximum Gasteiger partial charge on any atom is 0.134 e. The number of aliphatic hydroxyl groups is 1. The quantitative estimate of drug-likeness (QED) is 0.567. The molecule has 0 aliphatic heterocycles. The zero-order valence-electron chi connectivity index (χ0n) is 12.4. The molecule has 2 nitrogen and oxygen atoms in total. The number of halogens is 2. The third kappa shape index (κ3) is 2.64. The predicted octanol–water partition coefficient (Wildman–Crippen LogP) is 5.91. The number of para-hydroxylation sites is 1. The van der Waals surface area contributed by atoms with Crippen molar-refractivity contribution in [2.75, 3.05) is 0 Å². The van der Waals surface area contributed by atoms with Gasteiger partial charge >= 0.3 is 0 Å². The number of fused-ring (bicyclic) bond motifs is 1. The van der Waals surface area contributed by atoms with E-state index in [2.05, 4.69) is 31.9 Å². The van der Waals surface area contributed by atoms with Crippen molar-refractivity contribution in [3.8, 4) is 0 Å². The number of benzene rings is 2. The van der Waals surface area contributed by atoms with E-state index in [4.69, 9.17) is 4.42 Å². The molecule has 0 aliphatic rings. The van der Waals surface area contributed by atoms with Crippen molar-refractivity contribution in [1.29, 1.82) is 0 Å². The molecule has 3 rings (SSSR count). The SMILES string of the molecule is CCc1oc2ccccc2c1[C@H](O)c1cc(Br)c(C)c(Br)c1. The van der Waals surface area contributed by atoms with Crippen LogP contribution in [-0.4, -0.2) is 5.11 Å². The third-order valence-corrected chi connectivity index (χ3v) is 5.57. The topological polar surface area (TPSA) is 33.4 Å². The first kappa shape index (κ1) is 15.8. The monoisotopic (exact) mass is 422 g/mol. The van der Waals surface area contributed by atoms with Crippen molar-refractivity contribution in [1.82, 2.24) is 0 Å². The zero-order valence-corrected chi connectivity index (χ0v) is 15.5. The largest absolute Gasteiger partial charge is 0.461 e. The van der Waals surface area contributed by atoms with Crippen LogP contribution in [0, 0.1) is 6.92 Å². The maximum absolute atomic E-state index is 10.9. The number of hydrogen-bond donors (Lipinski definition) is 1. The maximum atomic E-state index is 10.9. The van der Waals surface area contributed by atoms with Gasteiger partial charge in [-0.3, -0.25) is 0 Å². The summed E-state index contributed by atoms with van der Waals surface area (Å²) < 4.78 is 7.84. The van der Waals surface area contributed by atoms with Crippen LogP contribution in [0.3, 0.4) is 0 Å². The molecule has 1 aromatic heterocycles. The Morgan fingerprint density at radius 3 is 2.41 bits per heavy atom. The number of aryl methyl sites for hydroxylation is 1. The molecule has 0 aliphatic carbocycles. The normalized spacial score (nSPS) is 12.8. The predicted molar refractivity (Wildman–Crippen MR) is 96.2 cm³/mol. The molecule has 4 heteroatoms. The molecule has 0 radical (unpaired) electrons. The molecule has 1 heterocycles. The van der Waals surface area contributed by atoms with E-state index in [9.17, 15) is 5.11 Å². The Morgan fingerprint density at radius 1 is 1.14 bits per heavy atom. The number of furan rings is 1. The Kier molecular flexibility index (Phi) is 4.44. The minimum atomic E-state index is -0.716. The summed E-state index contributed by atoms with van der Waals surface area (Å²) in [6.07, 6.45) is 0.0294. The Morgan fingerprint density at radius 2 is 1.77 bits per heavy atom. The summed E-state index contributed by atoms with van der Waals surface area (Å²) >= 11 is 7.10. The molecule has 0 amide bonds. The van der Waals surface area contributed by atoms with Crippen molar-refractivity contribution in [2.24, 2.45) is 0 Å². The van der Waals surface area contributed by atoms with E-state index < -0.39 is 6.10 Å². The van der Waals surface area contributed by atoms with E-state index in [0.29, 0.717) is 0 Å². The minimum absolute atomic E-state index is 0.716. The second kappa shape index (κ2) is 6.19. The van der Waals surface area contributed by atoms with Gasteiger partial charge in [0.1, 0.15) is 17.4 Å². The van der Waals surface area contributed by atoms with Crippen molar-refractivity contribution in [3.05, 3.63) is 67.8 Å². The van der Waals surface area contributed by atoms with E-state index in [1.807, 2.05) is 50.2 Å². The van der Waals surface area contributed by atoms with Crippen molar-refractivity contribution < 1.29 is 9.52 Å². The van der Waals surface area contributed by atoms with Crippen LogP contribution < -0.4 is 0 Å². The first-order valence-electron chi connectivity index (χ1n) is 7.16. The van der Waals surface area contributed by atoms with Crippen LogP contribution in [0.4, 0.5) is 0 Å². The molecule has 1 N–H and O–H groups in total. The smallest absolute Gasteiger partial charge is 0.134 e. The van der Waals surface area contributed by atoms with Gasteiger partial charge in [0, 0.05) is 26.3 Å². The fourth-order valence-corrected chi connectivity index (χ4v) is 3.89. The molecule has 3 aromatic rings. The van der Waals surface area contributed by atoms with Gasteiger partial charge in [0.2, 0.25) is 0 Å². The van der Waals surface area contributed by atoms with E-state index >= 15 is 0 Å². The average molecular weight is 424 g/mol. The summed E-state index contributed by atoms with van der Waals surface area (Å²) in [5, 5.41) is 11.9. The summed E-state index contributed by atoms with van der Waals surface area (Å²) in [7, 11) is 0. The van der Waals surface area contributed by atoms with E-state index in [0.717, 1.165) is 48.8 Å². The first-order valence-corrected chi connectivity index (χ1v) is 8.75. The van der Waals surface area contributed by atoms with E-state index in [1.165, 1.54) is 0 Å². The van der Waals surface area contributed by atoms with Gasteiger partial charge in [-0.2, -0.15) is 0 Å². The molecule has 1 atom stereocenters. The molecular formula is C18H16Br2O2. The second-order valence-corrected chi connectivity index (χ2v) is 7.01. The van der Waals surface area contributed by atoms with Crippen LogP contribution in [0.2, 0.25) is 0 Å². The molecule has 0 fully saturated rings. The molecule has 0 spiro atoms. The van der Waals surface area contributed by atoms with Crippen LogP contribution in [0.1, 0.15) is 35.5 Å². The molecular weight excluding hydrogens is 408 g/mol. The Bertz CT molecular complexity index is 813. The fourth-order valence-electron chi connectivity index (χ4n) is 2.67. The molecule has 0 bridgehead atoms. The van der Waals surface area contributed by atoms with Crippen LogP contribution in [0.15, 0.2) is 49.8 Å². The minimum Gasteiger partial charge on any atom is -0.461 e. The summed E-state index contributed by atoms with van der Waals surface area (Å²) in [6.45, 7) is 4.06. The van der Waals surface area contributed by atoms with Gasteiger partial charge in [-0.15, -0.1) is 0 Å². The first-order chi connectivity index (χ1) is 10.5. The zero-order chi connectivity index (χ0) is 15.9. The Balaban J connectivity index is 2.18. The standard InChI is InChI=1S/C18H16Br2O2/c1-3-15-17(12-6-4-5-7-16(12)22-15)18(21)11-8-13(19)10(2)14(20)9-11/h4-9,18,21H,3H2,1-2H3/t18-/m1/s1. The van der Waals surface area contributed by atoms with Gasteiger partial charge in [-0.1, -0.05) is 57.0 Å². The van der Waals surface area contributed by atoms with E-state index in [-0.39, 0.29) is 0 Å². The van der Waals surface area contributed by atoms with Gasteiger partial charge in [-0.25, -0.2) is 0 Å². The summed E-state index contributed by atoms with van der Waals surface area (Å²) in [5.41, 5.74) is 3.63. The molecule has 22 heavy (non-hydrogen) atoms. The van der Waals surface area contributed by atoms with Gasteiger partial charge < -0.3 is 9.52 Å². The molecule has 114 valence electrons. The Hall–Kier alpha value is -1.10. The van der Waals surface area contributed by atoms with Gasteiger partial charge in [-0.05, 0) is 36.2 Å². The molecule has 0 saturated heterocycles. The highest BCUT2D eigenvalue weighted by atomic mass is 79.9. The van der Waals surface area contributed by atoms with Crippen LogP contribution in [0.5, 0.6) is 0 Å². The highest BCUT2D eigenvalue weighted by Crippen LogP contribution is 2.37. The highest BCUT2D eigenvalue weighted by Gasteiger charge is 2.22. The van der Waals surface area contributed by atoms with Crippen LogP contribution in [0.25, 0.3) is 11.0 Å². The average Bonchev–Trinajstić information content (AvgIpc) is 2.89. The number of hydrogen-bond acceptors (Lipinski definition) is 2. The van der Waals surface area contributed by atoms with Gasteiger partial charge in [0.05, 0.1) is 0 Å². The summed E-state index contributed by atoms with van der Waals surface area (Å²) in [5.74, 6) is 0.835. The lowest BCUT2D eigenvalue weighted by atomic mass is 9.97. The molecule has 0 saturated carbocycles.